The third kappa shape index (κ3) is 2.06. The first-order valence-electron chi connectivity index (χ1n) is 4.16. The zero-order chi connectivity index (χ0) is 9.80. The van der Waals surface area contributed by atoms with Crippen LogP contribution in [0, 0.1) is 5.38 Å². The van der Waals surface area contributed by atoms with Gasteiger partial charge < -0.3 is 9.47 Å². The number of thiophene rings is 1. The second-order valence-corrected chi connectivity index (χ2v) is 3.49. The largest absolute Gasteiger partial charge is 0.497 e. The molecule has 0 aliphatic carbocycles. The fourth-order valence-corrected chi connectivity index (χ4v) is 1.57. The van der Waals surface area contributed by atoms with E-state index >= 15 is 0 Å². The maximum absolute atomic E-state index is 5.55. The number of rotatable bonds is 3. The Morgan fingerprint density at radius 3 is 2.36 bits per heavy atom. The molecule has 0 spiro atoms. The third-order valence-electron chi connectivity index (χ3n) is 1.72. The first-order valence-corrected chi connectivity index (χ1v) is 4.98. The van der Waals surface area contributed by atoms with Gasteiger partial charge >= 0.3 is 0 Å². The zero-order valence-electron chi connectivity index (χ0n) is 7.69. The first kappa shape index (κ1) is 9.09. The Hall–Kier alpha value is -1.48. The van der Waals surface area contributed by atoms with Gasteiger partial charge in [-0.3, -0.25) is 0 Å². The van der Waals surface area contributed by atoms with Crippen LogP contribution in [0.15, 0.2) is 36.4 Å². The number of hydrogen-bond donors (Lipinski definition) is 0. The van der Waals surface area contributed by atoms with Crippen LogP contribution in [0.2, 0.25) is 0 Å². The predicted molar refractivity (Wildman–Crippen MR) is 56.2 cm³/mol. The molecule has 2 rings (SSSR count). The molecule has 0 aliphatic heterocycles. The molecule has 0 atom stereocenters. The van der Waals surface area contributed by atoms with Gasteiger partial charge in [0, 0.05) is 5.38 Å². The Labute approximate surface area is 86.7 Å². The molecule has 0 aliphatic rings. The molecular weight excluding hydrogens is 196 g/mol. The minimum absolute atomic E-state index is 0.807. The summed E-state index contributed by atoms with van der Waals surface area (Å²) in [5.74, 6) is 1.64. The minimum atomic E-state index is 0.807. The van der Waals surface area contributed by atoms with Crippen LogP contribution in [0.4, 0.5) is 0 Å². The minimum Gasteiger partial charge on any atom is -0.497 e. The summed E-state index contributed by atoms with van der Waals surface area (Å²) in [5.41, 5.74) is 0. The fourth-order valence-electron chi connectivity index (χ4n) is 1.04. The summed E-state index contributed by atoms with van der Waals surface area (Å²) in [6, 6.07) is 11.2. The van der Waals surface area contributed by atoms with E-state index in [1.54, 1.807) is 7.11 Å². The van der Waals surface area contributed by atoms with Crippen LogP contribution < -0.4 is 9.47 Å². The highest BCUT2D eigenvalue weighted by atomic mass is 32.1. The molecule has 0 saturated heterocycles. The van der Waals surface area contributed by atoms with E-state index in [2.05, 4.69) is 5.38 Å². The molecular formula is C11H9O2S. The highest BCUT2D eigenvalue weighted by Gasteiger charge is 1.97. The van der Waals surface area contributed by atoms with E-state index in [1.165, 1.54) is 11.3 Å². The van der Waals surface area contributed by atoms with Gasteiger partial charge in [0.2, 0.25) is 0 Å². The summed E-state index contributed by atoms with van der Waals surface area (Å²) in [6.45, 7) is 0. The van der Waals surface area contributed by atoms with Crippen molar-refractivity contribution in [1.82, 2.24) is 0 Å². The lowest BCUT2D eigenvalue weighted by atomic mass is 10.3. The summed E-state index contributed by atoms with van der Waals surface area (Å²) in [4.78, 5) is 0. The van der Waals surface area contributed by atoms with E-state index < -0.39 is 0 Å². The first-order chi connectivity index (χ1) is 6.88. The molecule has 0 N–H and O–H groups in total. The Bertz CT molecular complexity index is 378. The zero-order valence-corrected chi connectivity index (χ0v) is 8.51. The van der Waals surface area contributed by atoms with Crippen molar-refractivity contribution in [3.05, 3.63) is 41.8 Å². The Balaban J connectivity index is 2.10. The lowest BCUT2D eigenvalue weighted by molar-refractivity contribution is 0.413. The molecule has 1 heterocycles. The molecule has 0 saturated carbocycles. The number of hydrogen-bond acceptors (Lipinski definition) is 3. The summed E-state index contributed by atoms with van der Waals surface area (Å²) in [6.07, 6.45) is 0. The highest BCUT2D eigenvalue weighted by Crippen LogP contribution is 2.26. The molecule has 1 aromatic heterocycles. The maximum Gasteiger partial charge on any atom is 0.181 e. The summed E-state index contributed by atoms with van der Waals surface area (Å²) in [7, 11) is 1.64. The molecule has 1 aromatic carbocycles. The van der Waals surface area contributed by atoms with Crippen molar-refractivity contribution in [3.8, 4) is 16.6 Å². The van der Waals surface area contributed by atoms with Crippen molar-refractivity contribution in [1.29, 1.82) is 0 Å². The summed E-state index contributed by atoms with van der Waals surface area (Å²) in [5, 5.41) is 3.81. The standard InChI is InChI=1S/C11H9O2S/c1-12-9-4-6-10(7-5-9)13-11-3-2-8-14-11/h2-7H,1H3. The van der Waals surface area contributed by atoms with Crippen LogP contribution in [0.25, 0.3) is 0 Å². The summed E-state index contributed by atoms with van der Waals surface area (Å²) >= 11 is 1.45. The average Bonchev–Trinajstić information content (AvgIpc) is 2.72. The van der Waals surface area contributed by atoms with Crippen molar-refractivity contribution < 1.29 is 9.47 Å². The van der Waals surface area contributed by atoms with Crippen molar-refractivity contribution in [2.45, 2.75) is 0 Å². The normalized spacial score (nSPS) is 9.79. The van der Waals surface area contributed by atoms with Gasteiger partial charge in [0.1, 0.15) is 11.5 Å². The topological polar surface area (TPSA) is 18.5 Å². The molecule has 0 amide bonds. The Morgan fingerprint density at radius 1 is 1.07 bits per heavy atom. The second kappa shape index (κ2) is 4.15. The number of benzene rings is 1. The van der Waals surface area contributed by atoms with Gasteiger partial charge in [0.15, 0.2) is 5.06 Å². The lowest BCUT2D eigenvalue weighted by Gasteiger charge is -2.03. The van der Waals surface area contributed by atoms with Crippen LogP contribution in [0.3, 0.4) is 0 Å². The smallest absolute Gasteiger partial charge is 0.181 e. The van der Waals surface area contributed by atoms with E-state index in [4.69, 9.17) is 9.47 Å². The molecule has 0 fully saturated rings. The van der Waals surface area contributed by atoms with Crippen molar-refractivity contribution in [2.24, 2.45) is 0 Å². The quantitative estimate of drug-likeness (QED) is 0.765. The Kier molecular flexibility index (Phi) is 2.70. The maximum atomic E-state index is 5.55. The van der Waals surface area contributed by atoms with E-state index in [0.29, 0.717) is 0 Å². The van der Waals surface area contributed by atoms with E-state index in [1.807, 2.05) is 36.4 Å². The predicted octanol–water partition coefficient (Wildman–Crippen LogP) is 3.35. The van der Waals surface area contributed by atoms with Gasteiger partial charge in [-0.15, -0.1) is 0 Å². The molecule has 2 aromatic rings. The monoisotopic (exact) mass is 205 g/mol. The summed E-state index contributed by atoms with van der Waals surface area (Å²) < 4.78 is 10.6. The molecule has 2 nitrogen and oxygen atoms in total. The molecule has 3 heteroatoms. The van der Waals surface area contributed by atoms with E-state index in [-0.39, 0.29) is 0 Å². The van der Waals surface area contributed by atoms with Gasteiger partial charge in [0.05, 0.1) is 7.11 Å². The molecule has 0 unspecified atom stereocenters. The lowest BCUT2D eigenvalue weighted by Crippen LogP contribution is -1.83. The van der Waals surface area contributed by atoms with Crippen LogP contribution in [-0.2, 0) is 0 Å². The van der Waals surface area contributed by atoms with Crippen LogP contribution >= 0.6 is 11.3 Å². The molecule has 1 radical (unpaired) electrons. The SMILES string of the molecule is COc1ccc(Oc2cc[c]s2)cc1. The van der Waals surface area contributed by atoms with Crippen molar-refractivity contribution >= 4 is 11.3 Å². The van der Waals surface area contributed by atoms with E-state index in [9.17, 15) is 0 Å². The second-order valence-electron chi connectivity index (χ2n) is 2.65. The van der Waals surface area contributed by atoms with E-state index in [0.717, 1.165) is 16.6 Å². The third-order valence-corrected chi connectivity index (χ3v) is 2.40. The molecule has 14 heavy (non-hydrogen) atoms. The van der Waals surface area contributed by atoms with Crippen molar-refractivity contribution in [2.75, 3.05) is 7.11 Å². The van der Waals surface area contributed by atoms with Crippen molar-refractivity contribution in [3.63, 3.8) is 0 Å². The fraction of sp³-hybridized carbons (Fsp3) is 0.0909. The van der Waals surface area contributed by atoms with Gasteiger partial charge in [-0.2, -0.15) is 0 Å². The van der Waals surface area contributed by atoms with Gasteiger partial charge in [-0.25, -0.2) is 0 Å². The van der Waals surface area contributed by atoms with Crippen LogP contribution in [0.1, 0.15) is 0 Å². The van der Waals surface area contributed by atoms with Gasteiger partial charge in [0.25, 0.3) is 0 Å². The molecule has 71 valence electrons. The van der Waals surface area contributed by atoms with Crippen LogP contribution in [0.5, 0.6) is 16.6 Å². The highest BCUT2D eigenvalue weighted by molar-refractivity contribution is 7.11. The average molecular weight is 205 g/mol. The number of methoxy groups -OCH3 is 1. The number of ether oxygens (including phenoxy) is 2. The molecule has 0 bridgehead atoms. The van der Waals surface area contributed by atoms with Gasteiger partial charge in [-0.1, -0.05) is 11.3 Å². The van der Waals surface area contributed by atoms with Gasteiger partial charge in [-0.05, 0) is 36.4 Å². The van der Waals surface area contributed by atoms with Crippen LogP contribution in [-0.4, -0.2) is 7.11 Å². The Morgan fingerprint density at radius 2 is 1.79 bits per heavy atom.